The van der Waals surface area contributed by atoms with E-state index in [1.165, 1.54) is 29.7 Å². The molecule has 2 N–H and O–H groups in total. The van der Waals surface area contributed by atoms with E-state index in [2.05, 4.69) is 19.9 Å². The Balaban J connectivity index is 1.48. The summed E-state index contributed by atoms with van der Waals surface area (Å²) in [6, 6.07) is 3.29. The highest BCUT2D eigenvalue weighted by Gasteiger charge is 2.32. The molecule has 0 saturated carbocycles. The maximum atomic E-state index is 14.6. The molecule has 8 heteroatoms. The zero-order valence-corrected chi connectivity index (χ0v) is 16.1. The smallest absolute Gasteiger partial charge is 0.192 e. The van der Waals surface area contributed by atoms with Crippen LogP contribution >= 0.6 is 34.9 Å². The number of nitrogens with one attached hydrogen (secondary N) is 2. The summed E-state index contributed by atoms with van der Waals surface area (Å²) in [6.07, 6.45) is 4.12. The second kappa shape index (κ2) is 7.70. The van der Waals surface area contributed by atoms with Gasteiger partial charge in [-0.15, -0.1) is 11.3 Å². The molecular weight excluding hydrogens is 379 g/mol. The van der Waals surface area contributed by atoms with Crippen LogP contribution in [0.1, 0.15) is 12.8 Å². The van der Waals surface area contributed by atoms with Gasteiger partial charge in [0.1, 0.15) is 5.82 Å². The lowest BCUT2D eigenvalue weighted by Crippen LogP contribution is -2.48. The molecule has 0 radical (unpaired) electrons. The van der Waals surface area contributed by atoms with Gasteiger partial charge in [0, 0.05) is 24.7 Å². The van der Waals surface area contributed by atoms with Crippen molar-refractivity contribution in [2.45, 2.75) is 17.7 Å². The Kier molecular flexibility index (Phi) is 5.36. The standard InChI is InChI=1S/C17H20ClFN4S2/c18-13-7-16(25-22-17-21-4-6-24-17)14(19)8-15(13)23-5-2-11-1-3-20-9-12(11)10-23/h4,6-8,11-12,20H,1-3,5,9-10H2,(H,21,22). The molecule has 1 aromatic heterocycles. The zero-order valence-electron chi connectivity index (χ0n) is 13.7. The van der Waals surface area contributed by atoms with Crippen LogP contribution in [0.4, 0.5) is 15.2 Å². The van der Waals surface area contributed by atoms with Crippen molar-refractivity contribution >= 4 is 45.7 Å². The molecule has 2 saturated heterocycles. The molecule has 0 bridgehead atoms. The normalized spacial score (nSPS) is 23.4. The molecule has 2 aliphatic heterocycles. The van der Waals surface area contributed by atoms with Gasteiger partial charge < -0.3 is 14.9 Å². The van der Waals surface area contributed by atoms with Crippen molar-refractivity contribution in [3.63, 3.8) is 0 Å². The maximum Gasteiger partial charge on any atom is 0.192 e. The number of thiazole rings is 1. The van der Waals surface area contributed by atoms with Crippen molar-refractivity contribution in [2.75, 3.05) is 35.8 Å². The first kappa shape index (κ1) is 17.4. The first-order chi connectivity index (χ1) is 12.2. The highest BCUT2D eigenvalue weighted by Crippen LogP contribution is 2.37. The van der Waals surface area contributed by atoms with Gasteiger partial charge in [-0.2, -0.15) is 0 Å². The first-order valence-electron chi connectivity index (χ1n) is 8.48. The summed E-state index contributed by atoms with van der Waals surface area (Å²) in [7, 11) is 0. The average molecular weight is 399 g/mol. The monoisotopic (exact) mass is 398 g/mol. The number of hydrogen-bond donors (Lipinski definition) is 2. The van der Waals surface area contributed by atoms with Crippen LogP contribution in [0, 0.1) is 17.7 Å². The Morgan fingerprint density at radius 2 is 2.28 bits per heavy atom. The highest BCUT2D eigenvalue weighted by atomic mass is 35.5. The van der Waals surface area contributed by atoms with Crippen molar-refractivity contribution in [3.05, 3.63) is 34.5 Å². The molecule has 0 spiro atoms. The minimum atomic E-state index is -0.252. The van der Waals surface area contributed by atoms with E-state index in [0.717, 1.165) is 49.3 Å². The lowest BCUT2D eigenvalue weighted by molar-refractivity contribution is 0.217. The minimum absolute atomic E-state index is 0.252. The third kappa shape index (κ3) is 3.89. The van der Waals surface area contributed by atoms with Gasteiger partial charge in [0.25, 0.3) is 0 Å². The van der Waals surface area contributed by atoms with E-state index in [1.54, 1.807) is 18.3 Å². The number of rotatable bonds is 4. The largest absolute Gasteiger partial charge is 0.370 e. The molecule has 4 rings (SSSR count). The molecule has 0 aliphatic carbocycles. The summed E-state index contributed by atoms with van der Waals surface area (Å²) in [4.78, 5) is 6.85. The topological polar surface area (TPSA) is 40.2 Å². The zero-order chi connectivity index (χ0) is 17.2. The van der Waals surface area contributed by atoms with Crippen molar-refractivity contribution < 1.29 is 4.39 Å². The van der Waals surface area contributed by atoms with Crippen LogP contribution in [0.25, 0.3) is 0 Å². The number of benzene rings is 1. The molecule has 25 heavy (non-hydrogen) atoms. The van der Waals surface area contributed by atoms with Gasteiger partial charge in [-0.3, -0.25) is 0 Å². The molecular formula is C17H20ClFN4S2. The molecule has 1 aromatic carbocycles. The molecule has 2 atom stereocenters. The van der Waals surface area contributed by atoms with E-state index in [0.29, 0.717) is 15.8 Å². The molecule has 2 fully saturated rings. The number of piperidine rings is 2. The molecule has 134 valence electrons. The summed E-state index contributed by atoms with van der Waals surface area (Å²) in [5.74, 6) is 1.16. The van der Waals surface area contributed by atoms with E-state index in [1.807, 2.05) is 5.38 Å². The van der Waals surface area contributed by atoms with Crippen LogP contribution < -0.4 is 14.9 Å². The van der Waals surface area contributed by atoms with E-state index >= 15 is 0 Å². The quantitative estimate of drug-likeness (QED) is 0.742. The minimum Gasteiger partial charge on any atom is -0.370 e. The van der Waals surface area contributed by atoms with Gasteiger partial charge in [0.05, 0.1) is 15.6 Å². The van der Waals surface area contributed by atoms with Gasteiger partial charge in [0.2, 0.25) is 0 Å². The van der Waals surface area contributed by atoms with Crippen LogP contribution in [-0.4, -0.2) is 31.2 Å². The Morgan fingerprint density at radius 3 is 3.12 bits per heavy atom. The van der Waals surface area contributed by atoms with Crippen LogP contribution in [0.3, 0.4) is 0 Å². The second-order valence-electron chi connectivity index (χ2n) is 6.52. The molecule has 2 aliphatic rings. The summed E-state index contributed by atoms with van der Waals surface area (Å²) in [5.41, 5.74) is 0.807. The molecule has 4 nitrogen and oxygen atoms in total. The Labute approximate surface area is 160 Å². The van der Waals surface area contributed by atoms with Gasteiger partial charge in [-0.25, -0.2) is 9.37 Å². The van der Waals surface area contributed by atoms with Crippen LogP contribution in [0.2, 0.25) is 5.02 Å². The first-order valence-corrected chi connectivity index (χ1v) is 10.5. The summed E-state index contributed by atoms with van der Waals surface area (Å²) < 4.78 is 17.6. The van der Waals surface area contributed by atoms with Gasteiger partial charge >= 0.3 is 0 Å². The van der Waals surface area contributed by atoms with Crippen LogP contribution in [0.5, 0.6) is 0 Å². The van der Waals surface area contributed by atoms with Gasteiger partial charge in [-0.1, -0.05) is 11.6 Å². The number of hydrogen-bond acceptors (Lipinski definition) is 6. The second-order valence-corrected chi connectivity index (χ2v) is 8.67. The highest BCUT2D eigenvalue weighted by molar-refractivity contribution is 8.00. The third-order valence-electron chi connectivity index (χ3n) is 5.01. The van der Waals surface area contributed by atoms with E-state index < -0.39 is 0 Å². The van der Waals surface area contributed by atoms with Crippen molar-refractivity contribution in [1.29, 1.82) is 0 Å². The van der Waals surface area contributed by atoms with Gasteiger partial charge in [0.15, 0.2) is 5.13 Å². The molecule has 3 heterocycles. The third-order valence-corrected chi connectivity index (χ3v) is 6.96. The van der Waals surface area contributed by atoms with Crippen LogP contribution in [-0.2, 0) is 0 Å². The van der Waals surface area contributed by atoms with E-state index in [-0.39, 0.29) is 5.82 Å². The fourth-order valence-corrected chi connectivity index (χ4v) is 5.32. The Morgan fingerprint density at radius 1 is 1.36 bits per heavy atom. The summed E-state index contributed by atoms with van der Waals surface area (Å²) in [6.45, 7) is 4.06. The molecule has 0 amide bonds. The lowest BCUT2D eigenvalue weighted by atomic mass is 9.81. The van der Waals surface area contributed by atoms with Crippen molar-refractivity contribution in [2.24, 2.45) is 11.8 Å². The van der Waals surface area contributed by atoms with E-state index in [9.17, 15) is 4.39 Å². The molecule has 2 aromatic rings. The fraction of sp³-hybridized carbons (Fsp3) is 0.471. The van der Waals surface area contributed by atoms with Crippen LogP contribution in [0.15, 0.2) is 28.6 Å². The number of nitrogens with zero attached hydrogens (tertiary/aromatic N) is 2. The SMILES string of the molecule is Fc1cc(N2CCC3CCNCC3C2)c(Cl)cc1SNc1nccs1. The Bertz CT molecular complexity index is 728. The average Bonchev–Trinajstić information content (AvgIpc) is 3.15. The number of halogens is 2. The number of anilines is 2. The van der Waals surface area contributed by atoms with Crippen molar-refractivity contribution in [1.82, 2.24) is 10.3 Å². The lowest BCUT2D eigenvalue weighted by Gasteiger charge is -2.42. The van der Waals surface area contributed by atoms with Crippen molar-refractivity contribution in [3.8, 4) is 0 Å². The van der Waals surface area contributed by atoms with E-state index in [4.69, 9.17) is 11.6 Å². The van der Waals surface area contributed by atoms with Gasteiger partial charge in [-0.05, 0) is 61.8 Å². The molecule has 2 unspecified atom stereocenters. The predicted molar refractivity (Wildman–Crippen MR) is 104 cm³/mol. The Hall–Kier alpha value is -1.02. The number of aromatic nitrogens is 1. The predicted octanol–water partition coefficient (Wildman–Crippen LogP) is 4.49. The summed E-state index contributed by atoms with van der Waals surface area (Å²) in [5, 5.41) is 6.70. The summed E-state index contributed by atoms with van der Waals surface area (Å²) >= 11 is 9.17. The number of fused-ring (bicyclic) bond motifs is 1. The fourth-order valence-electron chi connectivity index (χ4n) is 3.70. The maximum absolute atomic E-state index is 14.6.